The van der Waals surface area contributed by atoms with Gasteiger partial charge < -0.3 is 5.32 Å². The van der Waals surface area contributed by atoms with E-state index in [9.17, 15) is 13.2 Å². The lowest BCUT2D eigenvalue weighted by molar-refractivity contribution is -0.188. The molecule has 1 N–H and O–H groups in total. The van der Waals surface area contributed by atoms with Gasteiger partial charge in [0, 0.05) is 35.7 Å². The first-order chi connectivity index (χ1) is 8.89. The van der Waals surface area contributed by atoms with E-state index in [4.69, 9.17) is 11.6 Å². The number of hydrogen-bond donors (Lipinski definition) is 1. The van der Waals surface area contributed by atoms with Gasteiger partial charge in [-0.15, -0.1) is 0 Å². The summed E-state index contributed by atoms with van der Waals surface area (Å²) < 4.78 is 40.5. The highest BCUT2D eigenvalue weighted by atomic mass is 79.9. The summed E-state index contributed by atoms with van der Waals surface area (Å²) in [7, 11) is 0. The van der Waals surface area contributed by atoms with Crippen molar-refractivity contribution in [1.82, 2.24) is 10.2 Å². The minimum absolute atomic E-state index is 0.207. The van der Waals surface area contributed by atoms with Crippen LogP contribution in [0.5, 0.6) is 0 Å². The molecule has 0 unspecified atom stereocenters. The van der Waals surface area contributed by atoms with Crippen molar-refractivity contribution < 1.29 is 13.2 Å². The Morgan fingerprint density at radius 2 is 1.89 bits per heavy atom. The van der Waals surface area contributed by atoms with Crippen molar-refractivity contribution in [3.63, 3.8) is 0 Å². The molecule has 0 spiro atoms. The van der Waals surface area contributed by atoms with Crippen molar-refractivity contribution in [3.8, 4) is 0 Å². The van der Waals surface area contributed by atoms with Crippen LogP contribution in [0.4, 0.5) is 13.2 Å². The van der Waals surface area contributed by atoms with Crippen LogP contribution in [-0.4, -0.2) is 37.3 Å². The molecule has 0 amide bonds. The van der Waals surface area contributed by atoms with Crippen LogP contribution in [-0.2, 0) is 0 Å². The number of piperazine rings is 1. The fourth-order valence-corrected chi connectivity index (χ4v) is 3.14. The third-order valence-corrected chi connectivity index (χ3v) is 4.01. The lowest BCUT2D eigenvalue weighted by atomic mass is 10.0. The fraction of sp³-hybridized carbons (Fsp3) is 0.500. The number of nitrogens with one attached hydrogen (secondary N) is 1. The van der Waals surface area contributed by atoms with E-state index in [-0.39, 0.29) is 5.56 Å². The Morgan fingerprint density at radius 1 is 1.26 bits per heavy atom. The fourth-order valence-electron chi connectivity index (χ4n) is 2.24. The van der Waals surface area contributed by atoms with Gasteiger partial charge in [-0.1, -0.05) is 33.6 Å². The zero-order chi connectivity index (χ0) is 14.0. The average Bonchev–Trinajstić information content (AvgIpc) is 2.32. The number of hydrogen-bond acceptors (Lipinski definition) is 2. The largest absolute Gasteiger partial charge is 0.408 e. The van der Waals surface area contributed by atoms with Crippen molar-refractivity contribution in [2.45, 2.75) is 12.2 Å². The predicted molar refractivity (Wildman–Crippen MR) is 72.4 cm³/mol. The smallest absolute Gasteiger partial charge is 0.314 e. The zero-order valence-electron chi connectivity index (χ0n) is 9.97. The Kier molecular flexibility index (Phi) is 4.76. The highest BCUT2D eigenvalue weighted by Gasteiger charge is 2.45. The molecule has 1 fully saturated rings. The molecular formula is C12H13BrClF3N2. The first-order valence-corrected chi connectivity index (χ1v) is 7.03. The lowest BCUT2D eigenvalue weighted by Crippen LogP contribution is -2.49. The van der Waals surface area contributed by atoms with Crippen LogP contribution in [0.3, 0.4) is 0 Å². The van der Waals surface area contributed by atoms with Gasteiger partial charge >= 0.3 is 6.18 Å². The van der Waals surface area contributed by atoms with Crippen LogP contribution in [0, 0.1) is 0 Å². The van der Waals surface area contributed by atoms with Crippen LogP contribution >= 0.6 is 27.5 Å². The Labute approximate surface area is 123 Å². The molecule has 106 valence electrons. The van der Waals surface area contributed by atoms with E-state index in [0.717, 1.165) is 0 Å². The van der Waals surface area contributed by atoms with E-state index in [1.807, 2.05) is 0 Å². The van der Waals surface area contributed by atoms with Gasteiger partial charge in [-0.2, -0.15) is 13.2 Å². The Bertz CT molecular complexity index is 447. The minimum Gasteiger partial charge on any atom is -0.314 e. The maximum absolute atomic E-state index is 13.4. The maximum Gasteiger partial charge on any atom is 0.408 e. The van der Waals surface area contributed by atoms with Gasteiger partial charge in [-0.25, -0.2) is 0 Å². The molecule has 2 rings (SSSR count). The standard InChI is InChI=1S/C12H13BrClF3N2/c13-10-7-8(14)1-2-9(10)11(12(15,16)17)19-5-3-18-4-6-19/h1-2,7,11,18H,3-6H2/t11-/m0/s1. The van der Waals surface area contributed by atoms with E-state index in [1.165, 1.54) is 23.1 Å². The van der Waals surface area contributed by atoms with Crippen molar-refractivity contribution in [2.24, 2.45) is 0 Å². The molecule has 1 aliphatic heterocycles. The summed E-state index contributed by atoms with van der Waals surface area (Å²) in [5.41, 5.74) is 0.207. The molecule has 1 saturated heterocycles. The lowest BCUT2D eigenvalue weighted by Gasteiger charge is -2.36. The summed E-state index contributed by atoms with van der Waals surface area (Å²) in [6, 6.07) is 2.83. The minimum atomic E-state index is -4.31. The Morgan fingerprint density at radius 3 is 2.42 bits per heavy atom. The van der Waals surface area contributed by atoms with E-state index in [2.05, 4.69) is 21.2 Å². The predicted octanol–water partition coefficient (Wildman–Crippen LogP) is 3.61. The number of halogens is 5. The van der Waals surface area contributed by atoms with Gasteiger partial charge in [0.1, 0.15) is 6.04 Å². The van der Waals surface area contributed by atoms with E-state index >= 15 is 0 Å². The highest BCUT2D eigenvalue weighted by Crippen LogP contribution is 2.41. The molecule has 2 nitrogen and oxygen atoms in total. The second-order valence-electron chi connectivity index (χ2n) is 4.40. The zero-order valence-corrected chi connectivity index (χ0v) is 12.3. The number of benzene rings is 1. The Balaban J connectivity index is 2.36. The average molecular weight is 358 g/mol. The van der Waals surface area contributed by atoms with Gasteiger partial charge in [-0.05, 0) is 17.7 Å². The SMILES string of the molecule is FC(F)(F)[C@H](c1ccc(Cl)cc1Br)N1CCNCC1. The summed E-state index contributed by atoms with van der Waals surface area (Å²) in [4.78, 5) is 1.45. The van der Waals surface area contributed by atoms with Crippen molar-refractivity contribution in [3.05, 3.63) is 33.3 Å². The summed E-state index contributed by atoms with van der Waals surface area (Å²) in [5.74, 6) is 0. The summed E-state index contributed by atoms with van der Waals surface area (Å²) in [6.07, 6.45) is -4.31. The maximum atomic E-state index is 13.4. The molecule has 1 atom stereocenters. The molecule has 7 heteroatoms. The monoisotopic (exact) mass is 356 g/mol. The highest BCUT2D eigenvalue weighted by molar-refractivity contribution is 9.10. The van der Waals surface area contributed by atoms with Gasteiger partial charge in [0.15, 0.2) is 0 Å². The van der Waals surface area contributed by atoms with E-state index in [0.29, 0.717) is 35.7 Å². The molecule has 0 aliphatic carbocycles. The topological polar surface area (TPSA) is 15.3 Å². The van der Waals surface area contributed by atoms with Gasteiger partial charge in [0.2, 0.25) is 0 Å². The third-order valence-electron chi connectivity index (χ3n) is 3.08. The van der Waals surface area contributed by atoms with Crippen LogP contribution in [0.15, 0.2) is 22.7 Å². The van der Waals surface area contributed by atoms with Crippen molar-refractivity contribution >= 4 is 27.5 Å². The first kappa shape index (κ1) is 15.1. The number of rotatable bonds is 2. The van der Waals surface area contributed by atoms with E-state index < -0.39 is 12.2 Å². The molecule has 0 saturated carbocycles. The van der Waals surface area contributed by atoms with Crippen LogP contribution in [0.25, 0.3) is 0 Å². The quantitative estimate of drug-likeness (QED) is 0.870. The van der Waals surface area contributed by atoms with Gasteiger partial charge in [0.25, 0.3) is 0 Å². The molecule has 0 aromatic heterocycles. The first-order valence-electron chi connectivity index (χ1n) is 5.86. The Hall–Kier alpha value is -0.300. The molecule has 19 heavy (non-hydrogen) atoms. The second kappa shape index (κ2) is 5.99. The summed E-state index contributed by atoms with van der Waals surface area (Å²) >= 11 is 8.97. The number of alkyl halides is 3. The van der Waals surface area contributed by atoms with Crippen LogP contribution < -0.4 is 5.32 Å². The van der Waals surface area contributed by atoms with Gasteiger partial charge in [0.05, 0.1) is 0 Å². The molecule has 0 radical (unpaired) electrons. The van der Waals surface area contributed by atoms with E-state index in [1.54, 1.807) is 0 Å². The third kappa shape index (κ3) is 3.62. The van der Waals surface area contributed by atoms with Gasteiger partial charge in [-0.3, -0.25) is 4.90 Å². The van der Waals surface area contributed by atoms with Crippen LogP contribution in [0.2, 0.25) is 5.02 Å². The molecule has 1 aromatic rings. The molecule has 1 aromatic carbocycles. The van der Waals surface area contributed by atoms with Crippen molar-refractivity contribution in [1.29, 1.82) is 0 Å². The summed E-state index contributed by atoms with van der Waals surface area (Å²) in [5, 5.41) is 3.47. The normalized spacial score (nSPS) is 19.4. The molecule has 1 aliphatic rings. The molecule has 1 heterocycles. The second-order valence-corrected chi connectivity index (χ2v) is 5.69. The number of nitrogens with zero attached hydrogens (tertiary/aromatic N) is 1. The molecule has 0 bridgehead atoms. The summed E-state index contributed by atoms with van der Waals surface area (Å²) in [6.45, 7) is 1.88. The van der Waals surface area contributed by atoms with Crippen LogP contribution in [0.1, 0.15) is 11.6 Å². The van der Waals surface area contributed by atoms with Crippen molar-refractivity contribution in [2.75, 3.05) is 26.2 Å². The molecular weight excluding hydrogens is 344 g/mol.